The van der Waals surface area contributed by atoms with E-state index in [0.717, 1.165) is 15.7 Å². The molecule has 0 spiro atoms. The number of anilines is 1. The lowest BCUT2D eigenvalue weighted by Gasteiger charge is -1.99. The zero-order valence-electron chi connectivity index (χ0n) is 13.6. The maximum Gasteiger partial charge on any atom is 0.226 e. The molecule has 3 rings (SSSR count). The second-order valence-electron chi connectivity index (χ2n) is 5.15. The fourth-order valence-electron chi connectivity index (χ4n) is 2.02. The highest BCUT2D eigenvalue weighted by molar-refractivity contribution is 8.01. The molecular weight excluding hydrogens is 392 g/mol. The van der Waals surface area contributed by atoms with Crippen LogP contribution in [0, 0.1) is 0 Å². The zero-order chi connectivity index (χ0) is 18.4. The van der Waals surface area contributed by atoms with E-state index in [-0.39, 0.29) is 12.3 Å². The van der Waals surface area contributed by atoms with E-state index in [9.17, 15) is 4.79 Å². The first-order valence-corrected chi connectivity index (χ1v) is 9.90. The Kier molecular flexibility index (Phi) is 6.43. The summed E-state index contributed by atoms with van der Waals surface area (Å²) < 4.78 is 6.48. The molecule has 26 heavy (non-hydrogen) atoms. The predicted molar refractivity (Wildman–Crippen MR) is 105 cm³/mol. The average Bonchev–Trinajstić information content (AvgIpc) is 3.28. The van der Waals surface area contributed by atoms with E-state index in [4.69, 9.17) is 16.0 Å². The number of aromatic nitrogens is 3. The minimum atomic E-state index is -0.160. The second-order valence-corrected chi connectivity index (χ2v) is 7.83. The lowest BCUT2D eigenvalue weighted by molar-refractivity contribution is -0.116. The molecule has 0 fully saturated rings. The molecule has 0 atom stereocenters. The summed E-state index contributed by atoms with van der Waals surface area (Å²) in [7, 11) is 0. The number of aryl methyl sites for hydroxylation is 1. The monoisotopic (exact) mass is 406 g/mol. The Balaban J connectivity index is 1.51. The highest BCUT2D eigenvalue weighted by atomic mass is 35.5. The molecule has 0 bridgehead atoms. The Morgan fingerprint density at radius 1 is 1.35 bits per heavy atom. The molecule has 1 aromatic carbocycles. The lowest BCUT2D eigenvalue weighted by atomic mass is 10.2. The van der Waals surface area contributed by atoms with Gasteiger partial charge in [-0.15, -0.1) is 16.8 Å². The number of benzene rings is 1. The molecule has 0 unspecified atom stereocenters. The van der Waals surface area contributed by atoms with Crippen molar-refractivity contribution in [2.24, 2.45) is 0 Å². The number of thioether (sulfide) groups is 1. The maximum absolute atomic E-state index is 12.0. The number of nitrogens with zero attached hydrogens (tertiary/aromatic N) is 3. The normalized spacial score (nSPS) is 10.7. The largest absolute Gasteiger partial charge is 0.441 e. The molecule has 2 aromatic heterocycles. The summed E-state index contributed by atoms with van der Waals surface area (Å²) in [5.74, 6) is 1.74. The van der Waals surface area contributed by atoms with Crippen LogP contribution in [0.3, 0.4) is 0 Å². The van der Waals surface area contributed by atoms with Crippen LogP contribution in [0.2, 0.25) is 5.02 Å². The van der Waals surface area contributed by atoms with E-state index in [1.165, 1.54) is 23.1 Å². The fourth-order valence-corrected chi connectivity index (χ4v) is 3.68. The number of hydrogen-bond acceptors (Lipinski definition) is 7. The number of rotatable bonds is 8. The van der Waals surface area contributed by atoms with Crippen LogP contribution < -0.4 is 5.32 Å². The zero-order valence-corrected chi connectivity index (χ0v) is 16.0. The van der Waals surface area contributed by atoms with Gasteiger partial charge in [-0.05, 0) is 24.3 Å². The molecule has 9 heteroatoms. The van der Waals surface area contributed by atoms with E-state index < -0.39 is 0 Å². The quantitative estimate of drug-likeness (QED) is 0.332. The Morgan fingerprint density at radius 2 is 2.15 bits per heavy atom. The predicted octanol–water partition coefficient (Wildman–Crippen LogP) is 4.70. The van der Waals surface area contributed by atoms with Gasteiger partial charge < -0.3 is 9.73 Å². The van der Waals surface area contributed by atoms with Crippen LogP contribution in [0.25, 0.3) is 11.3 Å². The van der Waals surface area contributed by atoms with Crippen molar-refractivity contribution in [3.8, 4) is 11.3 Å². The first-order chi connectivity index (χ1) is 12.6. The molecule has 0 aliphatic rings. The summed E-state index contributed by atoms with van der Waals surface area (Å²) in [6.07, 6.45) is 4.08. The van der Waals surface area contributed by atoms with E-state index >= 15 is 0 Å². The van der Waals surface area contributed by atoms with Gasteiger partial charge in [0.15, 0.2) is 16.0 Å². The third-order valence-corrected chi connectivity index (χ3v) is 5.45. The van der Waals surface area contributed by atoms with Gasteiger partial charge in [-0.25, -0.2) is 4.98 Å². The number of halogens is 1. The highest BCUT2D eigenvalue weighted by Gasteiger charge is 2.11. The summed E-state index contributed by atoms with van der Waals surface area (Å²) in [6, 6.07) is 7.29. The minimum Gasteiger partial charge on any atom is -0.441 e. The number of hydrogen-bond donors (Lipinski definition) is 1. The van der Waals surface area contributed by atoms with Crippen molar-refractivity contribution in [2.45, 2.75) is 17.2 Å². The van der Waals surface area contributed by atoms with Crippen molar-refractivity contribution in [1.82, 2.24) is 15.2 Å². The van der Waals surface area contributed by atoms with Gasteiger partial charge in [-0.1, -0.05) is 40.8 Å². The summed E-state index contributed by atoms with van der Waals surface area (Å²) >= 11 is 8.74. The molecule has 6 nitrogen and oxygen atoms in total. The first kappa shape index (κ1) is 18.6. The standard InChI is InChI=1S/C17H15ClN4O2S2/c1-2-9-25-17-22-21-16(26-17)20-14(23)7-8-15-19-10-13(24-15)11-3-5-12(18)6-4-11/h2-6,10H,1,7-9H2,(H,20,21,23). The van der Waals surface area contributed by atoms with E-state index in [1.807, 2.05) is 12.1 Å². The molecule has 0 saturated heterocycles. The molecule has 0 aliphatic carbocycles. The van der Waals surface area contributed by atoms with Gasteiger partial charge in [0.05, 0.1) is 6.20 Å². The van der Waals surface area contributed by atoms with Crippen LogP contribution in [0.5, 0.6) is 0 Å². The smallest absolute Gasteiger partial charge is 0.226 e. The van der Waals surface area contributed by atoms with Gasteiger partial charge in [0.25, 0.3) is 0 Å². The van der Waals surface area contributed by atoms with Crippen LogP contribution in [0.4, 0.5) is 5.13 Å². The molecular formula is C17H15ClN4O2S2. The van der Waals surface area contributed by atoms with Gasteiger partial charge in [0, 0.05) is 29.2 Å². The Hall–Kier alpha value is -2.16. The topological polar surface area (TPSA) is 80.9 Å². The first-order valence-electron chi connectivity index (χ1n) is 7.72. The highest BCUT2D eigenvalue weighted by Crippen LogP contribution is 2.26. The molecule has 1 N–H and O–H groups in total. The Labute approximate surface area is 163 Å². The van der Waals surface area contributed by atoms with Gasteiger partial charge in [-0.3, -0.25) is 4.79 Å². The third kappa shape index (κ3) is 5.17. The molecule has 0 saturated carbocycles. The molecule has 0 aliphatic heterocycles. The van der Waals surface area contributed by atoms with Gasteiger partial charge in [0.2, 0.25) is 11.0 Å². The number of nitrogens with one attached hydrogen (secondary N) is 1. The number of amides is 1. The van der Waals surface area contributed by atoms with Crippen LogP contribution in [0.15, 0.2) is 51.9 Å². The van der Waals surface area contributed by atoms with Crippen molar-refractivity contribution in [3.05, 3.63) is 54.0 Å². The second kappa shape index (κ2) is 8.98. The summed E-state index contributed by atoms with van der Waals surface area (Å²) in [5.41, 5.74) is 0.885. The number of carbonyl (C=O) groups excluding carboxylic acids is 1. The SMILES string of the molecule is C=CCSc1nnc(NC(=O)CCc2ncc(-c3ccc(Cl)cc3)o2)s1. The average molecular weight is 407 g/mol. The van der Waals surface area contributed by atoms with Crippen molar-refractivity contribution < 1.29 is 9.21 Å². The summed E-state index contributed by atoms with van der Waals surface area (Å²) in [6.45, 7) is 3.65. The molecule has 134 valence electrons. The van der Waals surface area contributed by atoms with Crippen LogP contribution in [-0.2, 0) is 11.2 Å². The van der Waals surface area contributed by atoms with Gasteiger partial charge in [-0.2, -0.15) is 0 Å². The van der Waals surface area contributed by atoms with Crippen molar-refractivity contribution in [1.29, 1.82) is 0 Å². The van der Waals surface area contributed by atoms with Gasteiger partial charge >= 0.3 is 0 Å². The Bertz CT molecular complexity index is 892. The maximum atomic E-state index is 12.0. The molecule has 1 amide bonds. The summed E-state index contributed by atoms with van der Waals surface area (Å²) in [5, 5.41) is 11.8. The number of oxazole rings is 1. The fraction of sp³-hybridized carbons (Fsp3) is 0.176. The van der Waals surface area contributed by atoms with Crippen molar-refractivity contribution >= 4 is 45.7 Å². The van der Waals surface area contributed by atoms with E-state index in [1.54, 1.807) is 24.4 Å². The lowest BCUT2D eigenvalue weighted by Crippen LogP contribution is -2.12. The van der Waals surface area contributed by atoms with Crippen molar-refractivity contribution in [3.63, 3.8) is 0 Å². The molecule has 3 aromatic rings. The molecule has 2 heterocycles. The minimum absolute atomic E-state index is 0.160. The van der Waals surface area contributed by atoms with E-state index in [2.05, 4.69) is 27.1 Å². The molecule has 0 radical (unpaired) electrons. The van der Waals surface area contributed by atoms with Gasteiger partial charge in [0.1, 0.15) is 0 Å². The number of carbonyl (C=O) groups is 1. The third-order valence-electron chi connectivity index (χ3n) is 3.23. The van der Waals surface area contributed by atoms with E-state index in [0.29, 0.717) is 28.2 Å². The van der Waals surface area contributed by atoms with Crippen LogP contribution >= 0.6 is 34.7 Å². The Morgan fingerprint density at radius 3 is 2.92 bits per heavy atom. The van der Waals surface area contributed by atoms with Crippen molar-refractivity contribution in [2.75, 3.05) is 11.1 Å². The summed E-state index contributed by atoms with van der Waals surface area (Å²) in [4.78, 5) is 16.3. The van der Waals surface area contributed by atoms with Crippen LogP contribution in [-0.4, -0.2) is 26.8 Å². The van der Waals surface area contributed by atoms with Crippen LogP contribution in [0.1, 0.15) is 12.3 Å².